The second-order valence-electron chi connectivity index (χ2n) is 7.73. The Morgan fingerprint density at radius 3 is 2.46 bits per heavy atom. The van der Waals surface area contributed by atoms with E-state index >= 15 is 0 Å². The van der Waals surface area contributed by atoms with Crippen LogP contribution in [-0.4, -0.2) is 32.4 Å². The van der Waals surface area contributed by atoms with E-state index in [1.807, 2.05) is 0 Å². The van der Waals surface area contributed by atoms with E-state index in [1.165, 1.54) is 36.9 Å². The van der Waals surface area contributed by atoms with E-state index in [4.69, 9.17) is 16.3 Å². The van der Waals surface area contributed by atoms with E-state index in [0.717, 1.165) is 12.1 Å². The van der Waals surface area contributed by atoms with Crippen LogP contribution < -0.4 is 19.5 Å². The highest BCUT2D eigenvalue weighted by atomic mass is 35.5. The number of benzene rings is 3. The molecule has 0 saturated heterocycles. The lowest BCUT2D eigenvalue weighted by molar-refractivity contribution is -0.275. The molecule has 1 aromatic heterocycles. The zero-order valence-corrected chi connectivity index (χ0v) is 20.8. The van der Waals surface area contributed by atoms with Crippen molar-refractivity contribution in [1.82, 2.24) is 9.29 Å². The van der Waals surface area contributed by atoms with Gasteiger partial charge in [0, 0.05) is 29.9 Å². The zero-order valence-electron chi connectivity index (χ0n) is 19.3. The first-order chi connectivity index (χ1) is 17.4. The third-order valence-corrected chi connectivity index (χ3v) is 6.99. The van der Waals surface area contributed by atoms with E-state index in [1.54, 1.807) is 41.1 Å². The highest BCUT2D eigenvalue weighted by Gasteiger charge is 2.34. The topological polar surface area (TPSA) is 98.7 Å². The van der Waals surface area contributed by atoms with Gasteiger partial charge in [0.2, 0.25) is 0 Å². The molecule has 0 aliphatic heterocycles. The molecule has 2 N–H and O–H groups in total. The molecule has 1 amide bonds. The number of para-hydroxylation sites is 1. The van der Waals surface area contributed by atoms with Crippen molar-refractivity contribution < 1.29 is 35.9 Å². The molecule has 0 radical (unpaired) electrons. The van der Waals surface area contributed by atoms with Crippen LogP contribution in [0.25, 0.3) is 10.9 Å². The largest absolute Gasteiger partial charge is 0.573 e. The molecule has 0 aliphatic rings. The molecule has 0 atom stereocenters. The number of carbonyl (C=O) groups excluding carboxylic acids is 1. The lowest BCUT2D eigenvalue weighted by Crippen LogP contribution is -2.32. The van der Waals surface area contributed by atoms with E-state index in [0.29, 0.717) is 33.0 Å². The Balaban J connectivity index is 1.70. The third-order valence-electron chi connectivity index (χ3n) is 5.32. The summed E-state index contributed by atoms with van der Waals surface area (Å²) in [6.07, 6.45) is -5.13. The summed E-state index contributed by atoms with van der Waals surface area (Å²) in [4.78, 5) is 12.2. The molecule has 4 rings (SSSR count). The van der Waals surface area contributed by atoms with Gasteiger partial charge in [0.15, 0.2) is 0 Å². The molecular weight excluding hydrogens is 535 g/mol. The van der Waals surface area contributed by atoms with Crippen molar-refractivity contribution in [1.29, 1.82) is 0 Å². The van der Waals surface area contributed by atoms with Crippen LogP contribution in [0.1, 0.15) is 10.5 Å². The summed E-state index contributed by atoms with van der Waals surface area (Å²) in [5, 5.41) is 4.00. The molecule has 3 aromatic carbocycles. The number of anilines is 2. The number of aromatic nitrogens is 1. The van der Waals surface area contributed by atoms with Gasteiger partial charge in [-0.25, -0.2) is 13.1 Å². The van der Waals surface area contributed by atoms with Crippen molar-refractivity contribution in [2.75, 3.05) is 12.4 Å². The van der Waals surface area contributed by atoms with Gasteiger partial charge in [-0.15, -0.1) is 13.2 Å². The van der Waals surface area contributed by atoms with Gasteiger partial charge in [0.1, 0.15) is 22.1 Å². The maximum absolute atomic E-state index is 13.0. The second-order valence-corrected chi connectivity index (χ2v) is 9.79. The number of sulfonamides is 1. The van der Waals surface area contributed by atoms with Gasteiger partial charge in [0.05, 0.1) is 17.6 Å². The average molecular weight is 554 g/mol. The molecule has 13 heteroatoms. The van der Waals surface area contributed by atoms with Gasteiger partial charge >= 0.3 is 6.36 Å². The quantitative estimate of drug-likeness (QED) is 0.309. The van der Waals surface area contributed by atoms with E-state index in [-0.39, 0.29) is 5.69 Å². The summed E-state index contributed by atoms with van der Waals surface area (Å²) < 4.78 is 76.2. The first-order valence-corrected chi connectivity index (χ1v) is 12.4. The van der Waals surface area contributed by atoms with Gasteiger partial charge < -0.3 is 19.4 Å². The summed E-state index contributed by atoms with van der Waals surface area (Å²) in [6.45, 7) is 0. The first-order valence-electron chi connectivity index (χ1n) is 10.5. The number of hydrogen-bond acceptors (Lipinski definition) is 6. The highest BCUT2D eigenvalue weighted by Crippen LogP contribution is 2.35. The summed E-state index contributed by atoms with van der Waals surface area (Å²) in [6, 6.07) is 15.9. The molecule has 0 spiro atoms. The number of hydrogen-bond donors (Lipinski definition) is 2. The predicted octanol–water partition coefficient (Wildman–Crippen LogP) is 5.60. The number of alkyl halides is 3. The number of fused-ring (bicyclic) bond motifs is 1. The monoisotopic (exact) mass is 553 g/mol. The minimum Gasteiger partial charge on any atom is -0.497 e. The normalized spacial score (nSPS) is 11.8. The number of nitrogens with one attached hydrogen (secondary N) is 2. The van der Waals surface area contributed by atoms with E-state index in [2.05, 4.69) is 10.1 Å². The van der Waals surface area contributed by atoms with Crippen molar-refractivity contribution in [3.63, 3.8) is 0 Å². The average Bonchev–Trinajstić information content (AvgIpc) is 3.18. The summed E-state index contributed by atoms with van der Waals surface area (Å²) in [5.74, 6) is -1.44. The third kappa shape index (κ3) is 5.59. The summed E-state index contributed by atoms with van der Waals surface area (Å²) in [7, 11) is -1.70. The second kappa shape index (κ2) is 9.87. The Morgan fingerprint density at radius 2 is 1.76 bits per heavy atom. The van der Waals surface area contributed by atoms with Gasteiger partial charge in [-0.3, -0.25) is 4.79 Å². The summed E-state index contributed by atoms with van der Waals surface area (Å²) in [5.41, 5.74) is 1.57. The Morgan fingerprint density at radius 1 is 1.03 bits per heavy atom. The number of aryl methyl sites for hydroxylation is 1. The minimum atomic E-state index is -5.13. The smallest absolute Gasteiger partial charge is 0.497 e. The molecule has 37 heavy (non-hydrogen) atoms. The predicted molar refractivity (Wildman–Crippen MR) is 132 cm³/mol. The standard InChI is InChI=1S/C24H19ClF3N3O5S/c1-31-19(23(32)30-37(33,34)21-9-4-3-8-20(21)36-24(26,27)28)13-16-18(11-10-17(25)22(16)31)29-14-6-5-7-15(12-14)35-2/h3-13,29H,1-2H3,(H,30,32). The lowest BCUT2D eigenvalue weighted by Gasteiger charge is -2.14. The van der Waals surface area contributed by atoms with Crippen LogP contribution in [0.4, 0.5) is 24.5 Å². The van der Waals surface area contributed by atoms with Crippen molar-refractivity contribution in [3.8, 4) is 11.5 Å². The van der Waals surface area contributed by atoms with Crippen LogP contribution in [-0.2, 0) is 17.1 Å². The van der Waals surface area contributed by atoms with E-state index in [9.17, 15) is 26.4 Å². The fourth-order valence-electron chi connectivity index (χ4n) is 3.72. The molecule has 8 nitrogen and oxygen atoms in total. The fraction of sp³-hybridized carbons (Fsp3) is 0.125. The Labute approximate surface area is 214 Å². The fourth-order valence-corrected chi connectivity index (χ4v) is 5.10. The molecule has 0 bridgehead atoms. The number of amides is 1. The number of halogens is 4. The number of carbonyl (C=O) groups is 1. The van der Waals surface area contributed by atoms with Crippen molar-refractivity contribution >= 4 is 49.8 Å². The molecule has 194 valence electrons. The first kappa shape index (κ1) is 26.2. The van der Waals surface area contributed by atoms with E-state index < -0.39 is 32.9 Å². The van der Waals surface area contributed by atoms with Crippen LogP contribution >= 0.6 is 11.6 Å². The minimum absolute atomic E-state index is 0.102. The lowest BCUT2D eigenvalue weighted by atomic mass is 10.2. The molecule has 0 aliphatic carbocycles. The van der Waals surface area contributed by atoms with Crippen molar-refractivity contribution in [2.45, 2.75) is 11.3 Å². The molecule has 0 unspecified atom stereocenters. The molecule has 1 heterocycles. The van der Waals surface area contributed by atoms with Gasteiger partial charge in [-0.05, 0) is 42.5 Å². The molecule has 0 saturated carbocycles. The van der Waals surface area contributed by atoms with Gasteiger partial charge in [-0.1, -0.05) is 29.8 Å². The maximum atomic E-state index is 13.0. The van der Waals surface area contributed by atoms with Crippen LogP contribution in [0.3, 0.4) is 0 Å². The molecule has 0 fully saturated rings. The van der Waals surface area contributed by atoms with Crippen LogP contribution in [0.15, 0.2) is 71.6 Å². The van der Waals surface area contributed by atoms with Crippen LogP contribution in [0.5, 0.6) is 11.5 Å². The Kier molecular flexibility index (Phi) is 6.98. The summed E-state index contributed by atoms with van der Waals surface area (Å²) >= 11 is 6.37. The van der Waals surface area contributed by atoms with Crippen molar-refractivity contribution in [3.05, 3.63) is 77.4 Å². The molecular formula is C24H19ClF3N3O5S. The van der Waals surface area contributed by atoms with Gasteiger partial charge in [-0.2, -0.15) is 0 Å². The number of ether oxygens (including phenoxy) is 2. The molecule has 4 aromatic rings. The van der Waals surface area contributed by atoms with Crippen LogP contribution in [0.2, 0.25) is 5.02 Å². The van der Waals surface area contributed by atoms with Gasteiger partial charge in [0.25, 0.3) is 15.9 Å². The van der Waals surface area contributed by atoms with Crippen LogP contribution in [0, 0.1) is 0 Å². The Hall–Kier alpha value is -3.90. The SMILES string of the molecule is COc1cccc(Nc2ccc(Cl)c3c2cc(C(=O)NS(=O)(=O)c2ccccc2OC(F)(F)F)n3C)c1. The number of rotatable bonds is 7. The maximum Gasteiger partial charge on any atom is 0.573 e. The Bertz CT molecular complexity index is 1600. The zero-order chi connectivity index (χ0) is 27.0. The van der Waals surface area contributed by atoms with Crippen molar-refractivity contribution in [2.24, 2.45) is 7.05 Å². The number of methoxy groups -OCH3 is 1. The number of nitrogens with zero attached hydrogens (tertiary/aromatic N) is 1. The highest BCUT2D eigenvalue weighted by molar-refractivity contribution is 7.90.